The zero-order valence-electron chi connectivity index (χ0n) is 36.4. The van der Waals surface area contributed by atoms with E-state index in [1.165, 1.54) is 161 Å². The number of nitrogens with one attached hydrogen (secondary N) is 1. The number of aliphatic hydroxyl groups excluding tert-OH is 1. The van der Waals surface area contributed by atoms with Crippen LogP contribution in [0.25, 0.3) is 0 Å². The predicted molar refractivity (Wildman–Crippen MR) is 229 cm³/mol. The summed E-state index contributed by atoms with van der Waals surface area (Å²) < 4.78 is 23.2. The van der Waals surface area contributed by atoms with E-state index < -0.39 is 20.0 Å². The summed E-state index contributed by atoms with van der Waals surface area (Å²) in [4.78, 5) is 25.3. The fraction of sp³-hybridized carbons (Fsp3) is 0.933. The lowest BCUT2D eigenvalue weighted by Gasteiger charge is -2.29. The van der Waals surface area contributed by atoms with Crippen molar-refractivity contribution in [1.29, 1.82) is 0 Å². The summed E-state index contributed by atoms with van der Waals surface area (Å²) in [6.45, 7) is 4.66. The van der Waals surface area contributed by atoms with E-state index in [0.29, 0.717) is 17.4 Å². The minimum absolute atomic E-state index is 0.00215. The molecule has 0 rings (SSSR count). The van der Waals surface area contributed by atoms with Crippen molar-refractivity contribution in [2.45, 2.75) is 231 Å². The summed E-state index contributed by atoms with van der Waals surface area (Å²) in [5, 5.41) is 13.8. The minimum atomic E-state index is -4.58. The summed E-state index contributed by atoms with van der Waals surface area (Å²) in [6, 6.07) is -0.879. The molecule has 0 heterocycles. The maximum atomic E-state index is 12.9. The van der Waals surface area contributed by atoms with Gasteiger partial charge in [-0.05, 0) is 19.3 Å². The molecule has 0 spiro atoms. The summed E-state index contributed by atoms with van der Waals surface area (Å²) in [6.07, 6.45) is 42.5. The lowest BCUT2D eigenvalue weighted by Crippen LogP contribution is -2.45. The summed E-state index contributed by atoms with van der Waals surface area (Å²) in [7, 11) is 1.27. The van der Waals surface area contributed by atoms with Gasteiger partial charge in [-0.1, -0.05) is 206 Å². The second kappa shape index (κ2) is 37.8. The van der Waals surface area contributed by atoms with E-state index >= 15 is 0 Å². The van der Waals surface area contributed by atoms with Crippen LogP contribution in [0.2, 0.25) is 0 Å². The van der Waals surface area contributed by atoms with Crippen LogP contribution in [-0.2, 0) is 18.4 Å². The second-order valence-corrected chi connectivity index (χ2v) is 18.5. The molecule has 0 aromatic heterocycles. The monoisotopic (exact) mass is 787 g/mol. The van der Waals surface area contributed by atoms with E-state index in [0.717, 1.165) is 38.5 Å². The van der Waals surface area contributed by atoms with Gasteiger partial charge in [0.15, 0.2) is 0 Å². The average molecular weight is 787 g/mol. The van der Waals surface area contributed by atoms with Crippen LogP contribution in [0.5, 0.6) is 0 Å². The number of hydrogen-bond acceptors (Lipinski definition) is 6. The smallest absolute Gasteiger partial charge is 0.268 e. The van der Waals surface area contributed by atoms with Crippen LogP contribution >= 0.6 is 7.82 Å². The SMILES string of the molecule is CCCCCCCCCCCCCC/C=C/C(O)C(COP(=O)([O-])OCC[N+](C)(C)C)NC(=O)CCCCCCCCCCCCCCCCCCCC. The van der Waals surface area contributed by atoms with Crippen molar-refractivity contribution < 1.29 is 32.9 Å². The highest BCUT2D eigenvalue weighted by atomic mass is 31.2. The number of hydrogen-bond donors (Lipinski definition) is 2. The summed E-state index contributed by atoms with van der Waals surface area (Å²) in [5.74, 6) is -0.194. The Hall–Kier alpha value is -0.760. The first kappa shape index (κ1) is 53.2. The first-order valence-electron chi connectivity index (χ1n) is 23.1. The number of quaternary nitrogens is 1. The van der Waals surface area contributed by atoms with Gasteiger partial charge >= 0.3 is 0 Å². The third-order valence-corrected chi connectivity index (χ3v) is 11.5. The third kappa shape index (κ3) is 39.5. The number of phosphoric ester groups is 1. The molecule has 0 radical (unpaired) electrons. The summed E-state index contributed by atoms with van der Waals surface area (Å²) in [5.41, 5.74) is 0. The normalized spacial score (nSPS) is 14.4. The number of amides is 1. The van der Waals surface area contributed by atoms with E-state index in [2.05, 4.69) is 19.2 Å². The zero-order valence-corrected chi connectivity index (χ0v) is 37.3. The first-order valence-corrected chi connectivity index (χ1v) is 24.5. The number of aliphatic hydroxyl groups is 1. The fourth-order valence-electron chi connectivity index (χ4n) is 6.80. The maximum absolute atomic E-state index is 12.9. The number of carbonyl (C=O) groups is 1. The molecule has 0 saturated carbocycles. The average Bonchev–Trinajstić information content (AvgIpc) is 3.12. The zero-order chi connectivity index (χ0) is 40.0. The highest BCUT2D eigenvalue weighted by Crippen LogP contribution is 2.38. The Labute approximate surface area is 335 Å². The predicted octanol–water partition coefficient (Wildman–Crippen LogP) is 12.1. The first-order chi connectivity index (χ1) is 26.0. The fourth-order valence-corrected chi connectivity index (χ4v) is 7.52. The van der Waals surface area contributed by atoms with Gasteiger partial charge in [-0.2, -0.15) is 0 Å². The molecule has 8 nitrogen and oxygen atoms in total. The van der Waals surface area contributed by atoms with Crippen molar-refractivity contribution in [3.63, 3.8) is 0 Å². The summed E-state index contributed by atoms with van der Waals surface area (Å²) >= 11 is 0. The van der Waals surface area contributed by atoms with Crippen molar-refractivity contribution >= 4 is 13.7 Å². The van der Waals surface area contributed by atoms with E-state index in [4.69, 9.17) is 9.05 Å². The van der Waals surface area contributed by atoms with Crippen molar-refractivity contribution in [2.24, 2.45) is 0 Å². The Morgan fingerprint density at radius 1 is 0.630 bits per heavy atom. The van der Waals surface area contributed by atoms with Gasteiger partial charge in [0.05, 0.1) is 39.9 Å². The van der Waals surface area contributed by atoms with Gasteiger partial charge in [0.25, 0.3) is 7.82 Å². The van der Waals surface area contributed by atoms with Gasteiger partial charge in [-0.25, -0.2) is 0 Å². The van der Waals surface area contributed by atoms with Crippen molar-refractivity contribution in [1.82, 2.24) is 5.32 Å². The van der Waals surface area contributed by atoms with E-state index in [1.54, 1.807) is 6.08 Å². The molecule has 1 amide bonds. The molecular formula is C45H91N2O6P. The van der Waals surface area contributed by atoms with Gasteiger partial charge in [0.2, 0.25) is 5.91 Å². The molecule has 0 aliphatic rings. The Bertz CT molecular complexity index is 896. The molecule has 0 aliphatic carbocycles. The Balaban J connectivity index is 4.35. The van der Waals surface area contributed by atoms with Crippen LogP contribution in [0, 0.1) is 0 Å². The number of carbonyl (C=O) groups excluding carboxylic acids is 1. The molecule has 3 atom stereocenters. The van der Waals surface area contributed by atoms with Crippen LogP contribution in [0.1, 0.15) is 219 Å². The molecule has 0 fully saturated rings. The standard InChI is InChI=1S/C45H91N2O6P/c1-6-8-10-12-14-16-18-20-22-23-24-25-27-29-31-33-35-37-39-45(49)46-43(42-53-54(50,51)52-41-40-47(3,4)5)44(48)38-36-34-32-30-28-26-21-19-17-15-13-11-9-7-2/h36,38,43-44,48H,6-35,37,39-42H2,1-5H3,(H-,46,49,50,51)/b38-36+. The number of likely N-dealkylation sites (N-methyl/N-ethyl adjacent to an activating group) is 1. The molecule has 322 valence electrons. The number of phosphoric acid groups is 1. The molecule has 54 heavy (non-hydrogen) atoms. The number of allylic oxidation sites excluding steroid dienone is 1. The van der Waals surface area contributed by atoms with Gasteiger partial charge < -0.3 is 28.8 Å². The van der Waals surface area contributed by atoms with Crippen LogP contribution in [-0.4, -0.2) is 68.5 Å². The van der Waals surface area contributed by atoms with Crippen LogP contribution in [0.3, 0.4) is 0 Å². The quantitative estimate of drug-likeness (QED) is 0.0276. The van der Waals surface area contributed by atoms with Crippen LogP contribution in [0.15, 0.2) is 12.2 Å². The number of nitrogens with zero attached hydrogens (tertiary/aromatic N) is 1. The van der Waals surface area contributed by atoms with Gasteiger partial charge in [0, 0.05) is 6.42 Å². The number of unbranched alkanes of at least 4 members (excludes halogenated alkanes) is 29. The third-order valence-electron chi connectivity index (χ3n) is 10.5. The van der Waals surface area contributed by atoms with E-state index in [9.17, 15) is 19.4 Å². The molecule has 0 aliphatic heterocycles. The molecule has 3 unspecified atom stereocenters. The van der Waals surface area contributed by atoms with Gasteiger partial charge in [-0.3, -0.25) is 9.36 Å². The minimum Gasteiger partial charge on any atom is -0.756 e. The highest BCUT2D eigenvalue weighted by molar-refractivity contribution is 7.45. The van der Waals surface area contributed by atoms with Crippen LogP contribution < -0.4 is 10.2 Å². The molecule has 0 saturated heterocycles. The molecule has 0 bridgehead atoms. The lowest BCUT2D eigenvalue weighted by atomic mass is 10.0. The second-order valence-electron chi connectivity index (χ2n) is 17.1. The highest BCUT2D eigenvalue weighted by Gasteiger charge is 2.23. The van der Waals surface area contributed by atoms with Crippen molar-refractivity contribution in [3.8, 4) is 0 Å². The molecular weight excluding hydrogens is 695 g/mol. The molecule has 2 N–H and O–H groups in total. The van der Waals surface area contributed by atoms with E-state index in [1.807, 2.05) is 27.2 Å². The molecule has 9 heteroatoms. The van der Waals surface area contributed by atoms with Gasteiger partial charge in [-0.15, -0.1) is 0 Å². The molecule has 0 aromatic rings. The van der Waals surface area contributed by atoms with Gasteiger partial charge in [0.1, 0.15) is 13.2 Å². The topological polar surface area (TPSA) is 108 Å². The maximum Gasteiger partial charge on any atom is 0.268 e. The Morgan fingerprint density at radius 3 is 1.39 bits per heavy atom. The lowest BCUT2D eigenvalue weighted by molar-refractivity contribution is -0.870. The van der Waals surface area contributed by atoms with E-state index in [-0.39, 0.29) is 19.1 Å². The Kier molecular flexibility index (Phi) is 37.3. The number of rotatable bonds is 42. The Morgan fingerprint density at radius 2 is 1.00 bits per heavy atom. The molecule has 0 aromatic carbocycles. The van der Waals surface area contributed by atoms with Crippen molar-refractivity contribution in [2.75, 3.05) is 40.9 Å². The van der Waals surface area contributed by atoms with Crippen LogP contribution in [0.4, 0.5) is 0 Å². The van der Waals surface area contributed by atoms with Crippen molar-refractivity contribution in [3.05, 3.63) is 12.2 Å². The largest absolute Gasteiger partial charge is 0.756 e.